The lowest BCUT2D eigenvalue weighted by Gasteiger charge is -2.20. The van der Waals surface area contributed by atoms with Crippen LogP contribution in [0.3, 0.4) is 0 Å². The van der Waals surface area contributed by atoms with Gasteiger partial charge in [0.25, 0.3) is 0 Å². The molecule has 0 N–H and O–H groups in total. The van der Waals surface area contributed by atoms with Crippen molar-refractivity contribution in [2.24, 2.45) is 5.92 Å². The molecule has 1 unspecified atom stereocenters. The zero-order chi connectivity index (χ0) is 15.9. The lowest BCUT2D eigenvalue weighted by Crippen LogP contribution is -2.30. The van der Waals surface area contributed by atoms with E-state index in [-0.39, 0.29) is 0 Å². The van der Waals surface area contributed by atoms with Crippen LogP contribution in [0.5, 0.6) is 0 Å². The molecular formula is C22H26. The summed E-state index contributed by atoms with van der Waals surface area (Å²) in [6.45, 7) is 12.2. The topological polar surface area (TPSA) is 0 Å². The van der Waals surface area contributed by atoms with Gasteiger partial charge in [-0.1, -0.05) is 68.2 Å². The third-order valence-corrected chi connectivity index (χ3v) is 4.33. The lowest BCUT2D eigenvalue weighted by molar-refractivity contribution is 0.749. The van der Waals surface area contributed by atoms with Crippen LogP contribution in [-0.4, -0.2) is 0 Å². The van der Waals surface area contributed by atoms with Gasteiger partial charge in [0, 0.05) is 5.92 Å². The van der Waals surface area contributed by atoms with E-state index >= 15 is 0 Å². The highest BCUT2D eigenvalue weighted by molar-refractivity contribution is 5.81. The Morgan fingerprint density at radius 3 is 2.64 bits per heavy atom. The summed E-state index contributed by atoms with van der Waals surface area (Å²) in [5.74, 6) is 0.354. The molecule has 22 heavy (non-hydrogen) atoms. The smallest absolute Gasteiger partial charge is 0.00187 e. The second-order valence-corrected chi connectivity index (χ2v) is 5.60. The Labute approximate surface area is 134 Å². The van der Waals surface area contributed by atoms with Gasteiger partial charge in [0.2, 0.25) is 0 Å². The van der Waals surface area contributed by atoms with Gasteiger partial charge in [-0.15, -0.1) is 6.58 Å². The van der Waals surface area contributed by atoms with Crippen molar-refractivity contribution in [2.45, 2.75) is 33.1 Å². The highest BCUT2D eigenvalue weighted by atomic mass is 14.2. The van der Waals surface area contributed by atoms with Gasteiger partial charge in [-0.05, 0) is 53.3 Å². The Hall–Kier alpha value is -2.08. The summed E-state index contributed by atoms with van der Waals surface area (Å²) < 4.78 is 0. The first-order valence-electron chi connectivity index (χ1n) is 8.18. The number of rotatable bonds is 6. The molecule has 1 aromatic rings. The predicted octanol–water partition coefficient (Wildman–Crippen LogP) is 4.77. The van der Waals surface area contributed by atoms with Crippen LogP contribution in [0.4, 0.5) is 0 Å². The molecule has 0 saturated carbocycles. The average Bonchev–Trinajstić information content (AvgIpc) is 2.57. The van der Waals surface area contributed by atoms with Gasteiger partial charge in [0.1, 0.15) is 0 Å². The molecule has 0 heteroatoms. The first-order chi connectivity index (χ1) is 10.8. The van der Waals surface area contributed by atoms with Crippen molar-refractivity contribution in [2.75, 3.05) is 0 Å². The molecule has 114 valence electrons. The van der Waals surface area contributed by atoms with E-state index in [0.717, 1.165) is 19.3 Å². The summed E-state index contributed by atoms with van der Waals surface area (Å²) in [7, 11) is 0. The number of allylic oxidation sites excluding steroid dienone is 6. The van der Waals surface area contributed by atoms with Crippen LogP contribution in [0, 0.1) is 5.92 Å². The van der Waals surface area contributed by atoms with E-state index in [1.165, 1.54) is 27.1 Å². The van der Waals surface area contributed by atoms with Crippen molar-refractivity contribution < 1.29 is 0 Å². The van der Waals surface area contributed by atoms with E-state index in [4.69, 9.17) is 0 Å². The number of hydrogen-bond acceptors (Lipinski definition) is 0. The van der Waals surface area contributed by atoms with Crippen LogP contribution in [-0.2, 0) is 0 Å². The summed E-state index contributed by atoms with van der Waals surface area (Å²) >= 11 is 0. The van der Waals surface area contributed by atoms with Crippen LogP contribution in [0.2, 0.25) is 0 Å². The van der Waals surface area contributed by atoms with Crippen molar-refractivity contribution >= 4 is 17.7 Å². The molecule has 1 atom stereocenters. The van der Waals surface area contributed by atoms with Gasteiger partial charge in [0.05, 0.1) is 0 Å². The van der Waals surface area contributed by atoms with Crippen LogP contribution in [0.1, 0.15) is 38.7 Å². The van der Waals surface area contributed by atoms with Crippen molar-refractivity contribution in [1.82, 2.24) is 0 Å². The summed E-state index contributed by atoms with van der Waals surface area (Å²) in [5, 5.41) is 2.73. The normalized spacial score (nSPS) is 16.1. The largest absolute Gasteiger partial charge is 0.102 e. The standard InChI is InChI=1S/C22H26/c1-5-12-20(17(6-2)7-3)19(8-4)22-16-11-14-18-13-9-10-15-21(18)22/h5-6,8,11-17H,1-2,7,9-10H2,3-4H3/b19-8+,20-12-. The molecule has 0 aliphatic heterocycles. The molecule has 0 fully saturated rings. The van der Waals surface area contributed by atoms with Gasteiger partial charge < -0.3 is 0 Å². The lowest BCUT2D eigenvalue weighted by atomic mass is 9.84. The second-order valence-electron chi connectivity index (χ2n) is 5.60. The fourth-order valence-corrected chi connectivity index (χ4v) is 3.22. The Kier molecular flexibility index (Phi) is 5.77. The van der Waals surface area contributed by atoms with E-state index in [2.05, 4.69) is 69.5 Å². The third kappa shape index (κ3) is 3.22. The van der Waals surface area contributed by atoms with E-state index in [1.807, 2.05) is 12.2 Å². The monoisotopic (exact) mass is 290 g/mol. The van der Waals surface area contributed by atoms with Crippen molar-refractivity contribution in [1.29, 1.82) is 0 Å². The molecule has 2 rings (SSSR count). The number of fused-ring (bicyclic) bond motifs is 1. The van der Waals surface area contributed by atoms with Gasteiger partial charge >= 0.3 is 0 Å². The van der Waals surface area contributed by atoms with Crippen molar-refractivity contribution in [3.8, 4) is 0 Å². The number of hydrogen-bond donors (Lipinski definition) is 0. The summed E-state index contributed by atoms with van der Waals surface area (Å²) in [5.41, 5.74) is 3.93. The van der Waals surface area contributed by atoms with Crippen molar-refractivity contribution in [3.63, 3.8) is 0 Å². The minimum Gasteiger partial charge on any atom is -0.102 e. The zero-order valence-corrected chi connectivity index (χ0v) is 13.8. The summed E-state index contributed by atoms with van der Waals surface area (Å²) in [4.78, 5) is 0. The zero-order valence-electron chi connectivity index (χ0n) is 13.8. The molecular weight excluding hydrogens is 264 g/mol. The van der Waals surface area contributed by atoms with Crippen LogP contribution >= 0.6 is 0 Å². The summed E-state index contributed by atoms with van der Waals surface area (Å²) in [6.07, 6.45) is 16.3. The van der Waals surface area contributed by atoms with E-state index in [0.29, 0.717) is 5.92 Å². The molecule has 0 heterocycles. The van der Waals surface area contributed by atoms with Crippen LogP contribution in [0.25, 0.3) is 17.7 Å². The third-order valence-electron chi connectivity index (χ3n) is 4.33. The minimum absolute atomic E-state index is 0.354. The first-order valence-corrected chi connectivity index (χ1v) is 8.18. The van der Waals surface area contributed by atoms with Crippen LogP contribution in [0.15, 0.2) is 61.2 Å². The molecule has 0 bridgehead atoms. The maximum absolute atomic E-state index is 4.02. The Balaban J connectivity index is 2.66. The molecule has 0 spiro atoms. The molecule has 1 aromatic carbocycles. The molecule has 0 amide bonds. The fourth-order valence-electron chi connectivity index (χ4n) is 3.22. The van der Waals surface area contributed by atoms with E-state index in [1.54, 1.807) is 0 Å². The predicted molar refractivity (Wildman–Crippen MR) is 99.8 cm³/mol. The minimum atomic E-state index is 0.354. The van der Waals surface area contributed by atoms with Gasteiger partial charge in [0.15, 0.2) is 0 Å². The van der Waals surface area contributed by atoms with E-state index < -0.39 is 0 Å². The van der Waals surface area contributed by atoms with E-state index in [9.17, 15) is 0 Å². The Morgan fingerprint density at radius 2 is 2.00 bits per heavy atom. The molecule has 0 saturated heterocycles. The Bertz CT molecular complexity index is 726. The first kappa shape index (κ1) is 16.3. The molecule has 0 nitrogen and oxygen atoms in total. The van der Waals surface area contributed by atoms with Gasteiger partial charge in [-0.25, -0.2) is 0 Å². The molecule has 1 aliphatic rings. The van der Waals surface area contributed by atoms with Crippen LogP contribution < -0.4 is 10.4 Å². The second kappa shape index (κ2) is 7.79. The molecule has 0 aromatic heterocycles. The summed E-state index contributed by atoms with van der Waals surface area (Å²) in [6, 6.07) is 6.60. The fraction of sp³-hybridized carbons (Fsp3) is 0.273. The molecule has 0 radical (unpaired) electrons. The highest BCUT2D eigenvalue weighted by Crippen LogP contribution is 2.30. The van der Waals surface area contributed by atoms with Crippen molar-refractivity contribution in [3.05, 3.63) is 77.2 Å². The Morgan fingerprint density at radius 1 is 1.23 bits per heavy atom. The maximum Gasteiger partial charge on any atom is 0.00187 e. The van der Waals surface area contributed by atoms with Gasteiger partial charge in [-0.2, -0.15) is 0 Å². The SMILES string of the molecule is C=C/C=C(\C(=C/C)c1cccc2c1=CCCC=2)C(C=C)CC. The maximum atomic E-state index is 4.02. The highest BCUT2D eigenvalue weighted by Gasteiger charge is 2.15. The number of benzene rings is 1. The van der Waals surface area contributed by atoms with Gasteiger partial charge in [-0.3, -0.25) is 0 Å². The quantitative estimate of drug-likeness (QED) is 0.523. The average molecular weight is 290 g/mol. The molecule has 1 aliphatic carbocycles.